The Morgan fingerprint density at radius 2 is 2.00 bits per heavy atom. The van der Waals surface area contributed by atoms with E-state index >= 15 is 0 Å². The van der Waals surface area contributed by atoms with Gasteiger partial charge < -0.3 is 25.2 Å². The highest BCUT2D eigenvalue weighted by molar-refractivity contribution is 5.79. The second-order valence-corrected chi connectivity index (χ2v) is 7.12. The number of piperazine rings is 1. The van der Waals surface area contributed by atoms with E-state index in [1.165, 1.54) is 51.3 Å². The molecule has 0 amide bonds. The summed E-state index contributed by atoms with van der Waals surface area (Å²) >= 11 is 0. The molecule has 1 heterocycles. The highest BCUT2D eigenvalue weighted by Gasteiger charge is 2.12. The fraction of sp³-hybridized carbons (Fsp3) is 0.650. The van der Waals surface area contributed by atoms with E-state index in [4.69, 9.17) is 4.74 Å². The van der Waals surface area contributed by atoms with Crippen LogP contribution in [0.5, 0.6) is 5.75 Å². The quantitative estimate of drug-likeness (QED) is 0.389. The van der Waals surface area contributed by atoms with E-state index in [1.807, 2.05) is 6.92 Å². The number of likely N-dealkylation sites (N-methyl/N-ethyl adjacent to an activating group) is 1. The van der Waals surface area contributed by atoms with E-state index in [9.17, 15) is 4.39 Å². The van der Waals surface area contributed by atoms with Crippen molar-refractivity contribution >= 4 is 5.96 Å². The Balaban J connectivity index is 1.56. The summed E-state index contributed by atoms with van der Waals surface area (Å²) in [6.45, 7) is 9.30. The van der Waals surface area contributed by atoms with E-state index in [-0.39, 0.29) is 11.9 Å². The summed E-state index contributed by atoms with van der Waals surface area (Å²) in [6, 6.07) is 6.20. The Morgan fingerprint density at radius 3 is 2.70 bits per heavy atom. The second-order valence-electron chi connectivity index (χ2n) is 7.12. The lowest BCUT2D eigenvalue weighted by atomic mass is 10.2. The number of unbranched alkanes of at least 4 members (excludes halogenated alkanes) is 1. The summed E-state index contributed by atoms with van der Waals surface area (Å²) in [5.41, 5.74) is 0. The monoisotopic (exact) mass is 379 g/mol. The average molecular weight is 380 g/mol. The molecule has 1 aromatic carbocycles. The van der Waals surface area contributed by atoms with Gasteiger partial charge in [-0.1, -0.05) is 6.07 Å². The van der Waals surface area contributed by atoms with Crippen LogP contribution in [0.15, 0.2) is 29.3 Å². The molecule has 2 rings (SSSR count). The Kier molecular flexibility index (Phi) is 9.35. The number of hydrogen-bond donors (Lipinski definition) is 2. The Labute approximate surface area is 162 Å². The molecule has 1 atom stereocenters. The van der Waals surface area contributed by atoms with Gasteiger partial charge in [0.15, 0.2) is 5.96 Å². The van der Waals surface area contributed by atoms with Crippen molar-refractivity contribution in [2.75, 3.05) is 59.9 Å². The minimum atomic E-state index is -0.290. The summed E-state index contributed by atoms with van der Waals surface area (Å²) in [5.74, 6) is 1.02. The van der Waals surface area contributed by atoms with Gasteiger partial charge in [0.05, 0.1) is 6.54 Å². The average Bonchev–Trinajstić information content (AvgIpc) is 2.65. The number of nitrogens with one attached hydrogen (secondary N) is 2. The van der Waals surface area contributed by atoms with Gasteiger partial charge in [-0.15, -0.1) is 0 Å². The van der Waals surface area contributed by atoms with E-state index < -0.39 is 0 Å². The number of aliphatic imine (C=N–C) groups is 1. The molecular formula is C20H34FN5O. The molecule has 1 fully saturated rings. The van der Waals surface area contributed by atoms with Crippen molar-refractivity contribution in [2.45, 2.75) is 25.9 Å². The molecular weight excluding hydrogens is 345 g/mol. The first-order valence-electron chi connectivity index (χ1n) is 9.84. The van der Waals surface area contributed by atoms with Crippen molar-refractivity contribution in [3.05, 3.63) is 30.1 Å². The third-order valence-corrected chi connectivity index (χ3v) is 4.70. The molecule has 27 heavy (non-hydrogen) atoms. The normalized spacial score (nSPS) is 17.6. The van der Waals surface area contributed by atoms with Crippen molar-refractivity contribution in [3.63, 3.8) is 0 Å². The smallest absolute Gasteiger partial charge is 0.191 e. The van der Waals surface area contributed by atoms with Crippen molar-refractivity contribution < 1.29 is 9.13 Å². The maximum Gasteiger partial charge on any atom is 0.191 e. The lowest BCUT2D eigenvalue weighted by Gasteiger charge is -2.32. The van der Waals surface area contributed by atoms with Gasteiger partial charge in [-0.05, 0) is 45.5 Å². The summed E-state index contributed by atoms with van der Waals surface area (Å²) in [7, 11) is 3.95. The van der Waals surface area contributed by atoms with E-state index in [2.05, 4.69) is 32.5 Å². The SMILES string of the molecule is CN=C(NCCCCN1CCN(C)CC1)NCC(C)Oc1cccc(F)c1. The summed E-state index contributed by atoms with van der Waals surface area (Å²) in [5, 5.41) is 6.59. The van der Waals surface area contributed by atoms with Gasteiger partial charge >= 0.3 is 0 Å². The number of halogens is 1. The Bertz CT molecular complexity index is 575. The zero-order valence-electron chi connectivity index (χ0n) is 16.9. The first-order valence-corrected chi connectivity index (χ1v) is 9.84. The predicted molar refractivity (Wildman–Crippen MR) is 109 cm³/mol. The predicted octanol–water partition coefficient (Wildman–Crippen LogP) is 1.79. The molecule has 7 heteroatoms. The van der Waals surface area contributed by atoms with Crippen LogP contribution < -0.4 is 15.4 Å². The third kappa shape index (κ3) is 8.58. The molecule has 1 aromatic rings. The molecule has 0 aliphatic carbocycles. The van der Waals surface area contributed by atoms with E-state index in [0.717, 1.165) is 18.9 Å². The molecule has 0 aromatic heterocycles. The second kappa shape index (κ2) is 11.8. The number of guanidine groups is 1. The van der Waals surface area contributed by atoms with Crippen LogP contribution in [0.4, 0.5) is 4.39 Å². The molecule has 1 unspecified atom stereocenters. The molecule has 1 aliphatic heterocycles. The van der Waals surface area contributed by atoms with Crippen LogP contribution in [0.2, 0.25) is 0 Å². The lowest BCUT2D eigenvalue weighted by molar-refractivity contribution is 0.152. The van der Waals surface area contributed by atoms with Crippen LogP contribution in [0.3, 0.4) is 0 Å². The highest BCUT2D eigenvalue weighted by atomic mass is 19.1. The van der Waals surface area contributed by atoms with Gasteiger partial charge in [-0.3, -0.25) is 4.99 Å². The molecule has 0 saturated carbocycles. The fourth-order valence-corrected chi connectivity index (χ4v) is 3.01. The summed E-state index contributed by atoms with van der Waals surface area (Å²) in [4.78, 5) is 9.16. The van der Waals surface area contributed by atoms with Gasteiger partial charge in [0.1, 0.15) is 17.7 Å². The molecule has 0 bridgehead atoms. The molecule has 2 N–H and O–H groups in total. The minimum absolute atomic E-state index is 0.0948. The van der Waals surface area contributed by atoms with Crippen LogP contribution in [-0.2, 0) is 0 Å². The number of hydrogen-bond acceptors (Lipinski definition) is 4. The maximum atomic E-state index is 13.2. The molecule has 1 aliphatic rings. The Hall–Kier alpha value is -1.86. The van der Waals surface area contributed by atoms with Crippen molar-refractivity contribution in [1.29, 1.82) is 0 Å². The summed E-state index contributed by atoms with van der Waals surface area (Å²) in [6.07, 6.45) is 2.21. The van der Waals surface area contributed by atoms with Crippen LogP contribution in [0, 0.1) is 5.82 Å². The first-order chi connectivity index (χ1) is 13.1. The van der Waals surface area contributed by atoms with E-state index in [0.29, 0.717) is 12.3 Å². The van der Waals surface area contributed by atoms with Crippen LogP contribution in [0.1, 0.15) is 19.8 Å². The zero-order chi connectivity index (χ0) is 19.5. The largest absolute Gasteiger partial charge is 0.489 e. The number of benzene rings is 1. The van der Waals surface area contributed by atoms with Crippen molar-refractivity contribution in [3.8, 4) is 5.75 Å². The van der Waals surface area contributed by atoms with Crippen LogP contribution in [0.25, 0.3) is 0 Å². The number of nitrogens with zero attached hydrogens (tertiary/aromatic N) is 3. The van der Waals surface area contributed by atoms with Gasteiger partial charge in [-0.2, -0.15) is 0 Å². The molecule has 0 spiro atoms. The van der Waals surface area contributed by atoms with Gasteiger partial charge in [-0.25, -0.2) is 4.39 Å². The topological polar surface area (TPSA) is 52.1 Å². The highest BCUT2D eigenvalue weighted by Crippen LogP contribution is 2.13. The fourth-order valence-electron chi connectivity index (χ4n) is 3.01. The maximum absolute atomic E-state index is 13.2. The standard InChI is InChI=1S/C20H34FN5O/c1-17(27-19-8-6-7-18(21)15-19)16-24-20(22-2)23-9-4-5-10-26-13-11-25(3)12-14-26/h6-8,15,17H,4-5,9-14,16H2,1-3H3,(H2,22,23,24). The molecule has 152 valence electrons. The molecule has 0 radical (unpaired) electrons. The van der Waals surface area contributed by atoms with Crippen molar-refractivity contribution in [1.82, 2.24) is 20.4 Å². The Morgan fingerprint density at radius 1 is 1.22 bits per heavy atom. The molecule has 6 nitrogen and oxygen atoms in total. The number of rotatable bonds is 9. The lowest BCUT2D eigenvalue weighted by Crippen LogP contribution is -2.45. The van der Waals surface area contributed by atoms with Crippen LogP contribution in [-0.4, -0.2) is 81.8 Å². The van der Waals surface area contributed by atoms with Gasteiger partial charge in [0.25, 0.3) is 0 Å². The van der Waals surface area contributed by atoms with Crippen LogP contribution >= 0.6 is 0 Å². The zero-order valence-corrected chi connectivity index (χ0v) is 16.9. The van der Waals surface area contributed by atoms with Gasteiger partial charge in [0.2, 0.25) is 0 Å². The number of ether oxygens (including phenoxy) is 1. The van der Waals surface area contributed by atoms with Crippen molar-refractivity contribution in [2.24, 2.45) is 4.99 Å². The molecule has 1 saturated heterocycles. The summed E-state index contributed by atoms with van der Waals surface area (Å²) < 4.78 is 18.9. The first kappa shape index (κ1) is 21.4. The third-order valence-electron chi connectivity index (χ3n) is 4.70. The van der Waals surface area contributed by atoms with E-state index in [1.54, 1.807) is 19.2 Å². The minimum Gasteiger partial charge on any atom is -0.489 e. The van der Waals surface area contributed by atoms with Gasteiger partial charge in [0, 0.05) is 45.8 Å².